The fraction of sp³-hybridized carbons (Fsp3) is 0.217. The van der Waals surface area contributed by atoms with Crippen LogP contribution in [0, 0.1) is 0 Å². The molecule has 9 heteroatoms. The highest BCUT2D eigenvalue weighted by Crippen LogP contribution is 2.32. The van der Waals surface area contributed by atoms with Gasteiger partial charge in [0.05, 0.1) is 29.5 Å². The molecule has 2 aromatic carbocycles. The molecule has 0 saturated heterocycles. The molecule has 0 radical (unpaired) electrons. The molecule has 32 heavy (non-hydrogen) atoms. The van der Waals surface area contributed by atoms with Crippen molar-refractivity contribution in [1.29, 1.82) is 0 Å². The summed E-state index contributed by atoms with van der Waals surface area (Å²) in [6, 6.07) is 12.3. The van der Waals surface area contributed by atoms with E-state index in [0.717, 1.165) is 4.90 Å². The number of imide groups is 1. The number of para-hydroxylation sites is 1. The molecule has 0 aromatic heterocycles. The third-order valence-corrected chi connectivity index (χ3v) is 4.75. The minimum atomic E-state index is -0.771. The Bertz CT molecular complexity index is 1110. The van der Waals surface area contributed by atoms with E-state index in [1.807, 2.05) is 0 Å². The molecule has 1 aliphatic heterocycles. The van der Waals surface area contributed by atoms with Crippen LogP contribution in [0.2, 0.25) is 0 Å². The van der Waals surface area contributed by atoms with Gasteiger partial charge in [0.1, 0.15) is 10.7 Å². The predicted molar refractivity (Wildman–Crippen MR) is 118 cm³/mol. The van der Waals surface area contributed by atoms with Crippen LogP contribution < -0.4 is 10.2 Å². The molecule has 1 heterocycles. The summed E-state index contributed by atoms with van der Waals surface area (Å²) in [5, 5.41) is 2.49. The van der Waals surface area contributed by atoms with Crippen LogP contribution in [-0.2, 0) is 19.1 Å². The first-order valence-corrected chi connectivity index (χ1v) is 10.2. The summed E-state index contributed by atoms with van der Waals surface area (Å²) in [5.41, 5.74) is 0.757. The largest absolute Gasteiger partial charge is 0.462 e. The molecule has 1 N–H and O–H groups in total. The van der Waals surface area contributed by atoms with Crippen molar-refractivity contribution in [2.75, 3.05) is 16.8 Å². The average molecular weight is 457 g/mol. The molecule has 0 bridgehead atoms. The Kier molecular flexibility index (Phi) is 6.95. The Balaban J connectivity index is 1.86. The van der Waals surface area contributed by atoms with E-state index in [1.54, 1.807) is 45.0 Å². The van der Waals surface area contributed by atoms with Gasteiger partial charge >= 0.3 is 11.9 Å². The van der Waals surface area contributed by atoms with Gasteiger partial charge in [0.15, 0.2) is 0 Å². The first-order valence-electron chi connectivity index (χ1n) is 9.87. The fourth-order valence-electron chi connectivity index (χ4n) is 3.00. The highest BCUT2D eigenvalue weighted by molar-refractivity contribution is 6.53. The zero-order chi connectivity index (χ0) is 23.4. The monoisotopic (exact) mass is 456 g/mol. The van der Waals surface area contributed by atoms with Crippen molar-refractivity contribution in [3.05, 3.63) is 70.4 Å². The predicted octanol–water partition coefficient (Wildman–Crippen LogP) is 3.86. The highest BCUT2D eigenvalue weighted by atomic mass is 35.5. The van der Waals surface area contributed by atoms with Gasteiger partial charge in [-0.3, -0.25) is 9.59 Å². The Labute approximate surface area is 189 Å². The molecule has 0 saturated carbocycles. The lowest BCUT2D eigenvalue weighted by molar-refractivity contribution is -0.120. The third-order valence-electron chi connectivity index (χ3n) is 4.40. The number of rotatable bonds is 7. The van der Waals surface area contributed by atoms with Crippen molar-refractivity contribution in [2.45, 2.75) is 26.9 Å². The number of benzene rings is 2. The molecular formula is C23H21ClN2O6. The van der Waals surface area contributed by atoms with Crippen molar-refractivity contribution in [3.8, 4) is 0 Å². The molecule has 0 unspecified atom stereocenters. The minimum Gasteiger partial charge on any atom is -0.462 e. The summed E-state index contributed by atoms with van der Waals surface area (Å²) in [5.74, 6) is -2.63. The second kappa shape index (κ2) is 9.65. The van der Waals surface area contributed by atoms with Gasteiger partial charge in [0.25, 0.3) is 11.8 Å². The maximum absolute atomic E-state index is 13.1. The Morgan fingerprint density at radius 2 is 1.66 bits per heavy atom. The number of amides is 2. The normalized spacial score (nSPS) is 13.6. The summed E-state index contributed by atoms with van der Waals surface area (Å²) in [6.45, 7) is 5.35. The topological polar surface area (TPSA) is 102 Å². The Morgan fingerprint density at radius 1 is 1.00 bits per heavy atom. The van der Waals surface area contributed by atoms with E-state index < -0.39 is 23.8 Å². The van der Waals surface area contributed by atoms with E-state index in [2.05, 4.69) is 5.32 Å². The third kappa shape index (κ3) is 4.65. The fourth-order valence-corrected chi connectivity index (χ4v) is 3.21. The van der Waals surface area contributed by atoms with Crippen molar-refractivity contribution in [3.63, 3.8) is 0 Å². The molecule has 0 aliphatic carbocycles. The van der Waals surface area contributed by atoms with E-state index in [-0.39, 0.29) is 34.7 Å². The summed E-state index contributed by atoms with van der Waals surface area (Å²) in [4.78, 5) is 50.9. The van der Waals surface area contributed by atoms with Crippen molar-refractivity contribution < 1.29 is 28.7 Å². The summed E-state index contributed by atoms with van der Waals surface area (Å²) < 4.78 is 10.1. The number of hydrogen-bond acceptors (Lipinski definition) is 7. The van der Waals surface area contributed by atoms with Crippen LogP contribution in [-0.4, -0.2) is 36.5 Å². The number of carbonyl (C=O) groups is 4. The number of halogens is 1. The van der Waals surface area contributed by atoms with E-state index in [9.17, 15) is 19.2 Å². The van der Waals surface area contributed by atoms with Crippen LogP contribution in [0.4, 0.5) is 11.4 Å². The van der Waals surface area contributed by atoms with Gasteiger partial charge in [-0.25, -0.2) is 14.5 Å². The minimum absolute atomic E-state index is 0.0624. The molecule has 2 amide bonds. The van der Waals surface area contributed by atoms with Gasteiger partial charge in [0.2, 0.25) is 0 Å². The number of carbonyl (C=O) groups excluding carboxylic acids is 4. The van der Waals surface area contributed by atoms with E-state index in [1.165, 1.54) is 24.3 Å². The first-order chi connectivity index (χ1) is 15.2. The average Bonchev–Trinajstić information content (AvgIpc) is 2.97. The zero-order valence-electron chi connectivity index (χ0n) is 17.7. The van der Waals surface area contributed by atoms with Gasteiger partial charge in [-0.2, -0.15) is 0 Å². The lowest BCUT2D eigenvalue weighted by Crippen LogP contribution is -2.33. The smallest absolute Gasteiger partial charge is 0.340 e. The molecule has 0 spiro atoms. The molecular weight excluding hydrogens is 436 g/mol. The Morgan fingerprint density at radius 3 is 2.28 bits per heavy atom. The molecule has 166 valence electrons. The van der Waals surface area contributed by atoms with Crippen LogP contribution in [0.5, 0.6) is 0 Å². The van der Waals surface area contributed by atoms with Gasteiger partial charge in [-0.1, -0.05) is 23.7 Å². The van der Waals surface area contributed by atoms with E-state index in [0.29, 0.717) is 11.3 Å². The Hall–Kier alpha value is -3.65. The molecule has 8 nitrogen and oxygen atoms in total. The van der Waals surface area contributed by atoms with Gasteiger partial charge in [0, 0.05) is 5.69 Å². The van der Waals surface area contributed by atoms with Crippen molar-refractivity contribution in [2.24, 2.45) is 0 Å². The lowest BCUT2D eigenvalue weighted by Gasteiger charge is -2.19. The molecule has 0 fully saturated rings. The quantitative estimate of drug-likeness (QED) is 0.498. The first kappa shape index (κ1) is 23.0. The van der Waals surface area contributed by atoms with Crippen LogP contribution in [0.3, 0.4) is 0 Å². The molecule has 3 rings (SSSR count). The number of nitrogens with zero attached hydrogens (tertiary/aromatic N) is 1. The summed E-state index contributed by atoms with van der Waals surface area (Å²) >= 11 is 6.17. The lowest BCUT2D eigenvalue weighted by atomic mass is 10.1. The van der Waals surface area contributed by atoms with Gasteiger partial charge in [-0.05, 0) is 57.2 Å². The second-order valence-corrected chi connectivity index (χ2v) is 7.41. The molecule has 0 atom stereocenters. The van der Waals surface area contributed by atoms with Crippen LogP contribution in [0.25, 0.3) is 0 Å². The maximum atomic E-state index is 13.1. The SMILES string of the molecule is CCOC(=O)c1ccc(NC2=C(Cl)C(=O)N(c3ccccc3C(=O)OC(C)C)C2=O)cc1. The number of anilines is 2. The van der Waals surface area contributed by atoms with Crippen molar-refractivity contribution in [1.82, 2.24) is 0 Å². The highest BCUT2D eigenvalue weighted by Gasteiger charge is 2.40. The van der Waals surface area contributed by atoms with Crippen molar-refractivity contribution >= 4 is 46.7 Å². The van der Waals surface area contributed by atoms with Crippen LogP contribution in [0.15, 0.2) is 59.3 Å². The number of ether oxygens (including phenoxy) is 2. The summed E-state index contributed by atoms with van der Waals surface area (Å²) in [6.07, 6.45) is -0.378. The molecule has 1 aliphatic rings. The zero-order valence-corrected chi connectivity index (χ0v) is 18.4. The van der Waals surface area contributed by atoms with Gasteiger partial charge in [-0.15, -0.1) is 0 Å². The standard InChI is InChI=1S/C23H21ClN2O6/c1-4-31-22(29)14-9-11-15(12-10-14)25-19-18(24)20(27)26(21(19)28)17-8-6-5-7-16(17)23(30)32-13(2)3/h5-13,25H,4H2,1-3H3. The number of esters is 2. The number of hydrogen-bond donors (Lipinski definition) is 1. The van der Waals surface area contributed by atoms with Crippen LogP contribution >= 0.6 is 11.6 Å². The van der Waals surface area contributed by atoms with Gasteiger partial charge < -0.3 is 14.8 Å². The van der Waals surface area contributed by atoms with E-state index in [4.69, 9.17) is 21.1 Å². The van der Waals surface area contributed by atoms with E-state index >= 15 is 0 Å². The maximum Gasteiger partial charge on any atom is 0.340 e. The summed E-state index contributed by atoms with van der Waals surface area (Å²) in [7, 11) is 0. The number of nitrogens with one attached hydrogen (secondary N) is 1. The second-order valence-electron chi connectivity index (χ2n) is 7.03. The molecule has 2 aromatic rings. The van der Waals surface area contributed by atoms with Crippen LogP contribution in [0.1, 0.15) is 41.5 Å².